The van der Waals surface area contributed by atoms with E-state index in [-0.39, 0.29) is 40.8 Å². The number of hydrogen-bond acceptors (Lipinski definition) is 12. The van der Waals surface area contributed by atoms with Crippen LogP contribution in [0.3, 0.4) is 0 Å². The average molecular weight is 509 g/mol. The Labute approximate surface area is 201 Å². The van der Waals surface area contributed by atoms with E-state index in [1.54, 1.807) is 0 Å². The molecule has 1 fully saturated rings. The molecule has 180 valence electrons. The minimum atomic E-state index is -1.33. The summed E-state index contributed by atoms with van der Waals surface area (Å²) in [7, 11) is 0. The number of esters is 1. The Hall–Kier alpha value is -3.46. The van der Waals surface area contributed by atoms with E-state index < -0.39 is 35.2 Å². The van der Waals surface area contributed by atoms with E-state index in [4.69, 9.17) is 15.3 Å². The van der Waals surface area contributed by atoms with Crippen molar-refractivity contribution in [3.8, 4) is 0 Å². The number of allylic oxidation sites excluding steroid dienone is 1. The number of amides is 2. The summed E-state index contributed by atoms with van der Waals surface area (Å²) in [6.45, 7) is 0.967. The van der Waals surface area contributed by atoms with E-state index in [1.165, 1.54) is 18.7 Å². The molecule has 15 heteroatoms. The maximum Gasteiger partial charge on any atom is 0.352 e. The van der Waals surface area contributed by atoms with Crippen molar-refractivity contribution < 1.29 is 33.9 Å². The lowest BCUT2D eigenvalue weighted by Gasteiger charge is -2.49. The second-order valence-corrected chi connectivity index (χ2v) is 9.33. The second kappa shape index (κ2) is 9.80. The van der Waals surface area contributed by atoms with Crippen LogP contribution in [0.25, 0.3) is 0 Å². The first-order valence-electron chi connectivity index (χ1n) is 10.1. The van der Waals surface area contributed by atoms with Crippen LogP contribution in [0.4, 0.5) is 5.13 Å². The Morgan fingerprint density at radius 3 is 2.82 bits per heavy atom. The quantitative estimate of drug-likeness (QED) is 0.139. The lowest BCUT2D eigenvalue weighted by atomic mass is 10.0. The highest BCUT2D eigenvalue weighted by atomic mass is 32.2. The number of nitrogens with zero attached hydrogens (tertiary/aromatic N) is 4. The van der Waals surface area contributed by atoms with Crippen LogP contribution in [-0.2, 0) is 28.8 Å². The number of nitrogen functional groups attached to an aromatic ring is 1. The topological polar surface area (TPSA) is 186 Å². The first-order chi connectivity index (χ1) is 16.3. The van der Waals surface area contributed by atoms with Crippen molar-refractivity contribution in [1.82, 2.24) is 19.6 Å². The molecule has 13 nitrogen and oxygen atoms in total. The number of carbonyl (C=O) groups excluding carboxylic acids is 3. The lowest BCUT2D eigenvalue weighted by Crippen LogP contribution is -2.71. The monoisotopic (exact) mass is 508 g/mol. The molecule has 0 bridgehead atoms. The molecule has 1 saturated heterocycles. The van der Waals surface area contributed by atoms with Gasteiger partial charge in [-0.3, -0.25) is 19.3 Å². The number of carboxylic acids is 1. The molecule has 1 aromatic heterocycles. The van der Waals surface area contributed by atoms with Crippen molar-refractivity contribution in [1.29, 1.82) is 0 Å². The van der Waals surface area contributed by atoms with Gasteiger partial charge in [0.15, 0.2) is 5.13 Å². The van der Waals surface area contributed by atoms with Gasteiger partial charge in [0.2, 0.25) is 11.5 Å². The van der Waals surface area contributed by atoms with Crippen molar-refractivity contribution >= 4 is 57.9 Å². The number of ether oxygens (including phenoxy) is 1. The molecule has 1 aromatic rings. The van der Waals surface area contributed by atoms with Gasteiger partial charge in [-0.15, -0.1) is 11.8 Å². The third-order valence-corrected chi connectivity index (χ3v) is 6.98. The van der Waals surface area contributed by atoms with E-state index in [1.807, 2.05) is 12.2 Å². The number of aromatic nitrogens is 2. The fourth-order valence-corrected chi connectivity index (χ4v) is 5.28. The van der Waals surface area contributed by atoms with Gasteiger partial charge in [-0.1, -0.05) is 11.2 Å². The highest BCUT2D eigenvalue weighted by Crippen LogP contribution is 2.40. The molecule has 0 radical (unpaired) electrons. The summed E-state index contributed by atoms with van der Waals surface area (Å²) in [5, 5.41) is 15.6. The van der Waals surface area contributed by atoms with E-state index in [9.17, 15) is 24.3 Å². The number of nitrogens with one attached hydrogen (secondary N) is 1. The highest BCUT2D eigenvalue weighted by Gasteiger charge is 2.54. The molecule has 3 aliphatic rings. The molecule has 0 spiro atoms. The smallest absolute Gasteiger partial charge is 0.352 e. The van der Waals surface area contributed by atoms with Crippen LogP contribution >= 0.6 is 23.3 Å². The summed E-state index contributed by atoms with van der Waals surface area (Å²) >= 11 is 2.12. The number of β-lactam (4-membered cyclic amide) rings is 1. The molecule has 0 aromatic carbocycles. The van der Waals surface area contributed by atoms with Crippen LogP contribution in [0.1, 0.15) is 25.6 Å². The van der Waals surface area contributed by atoms with Crippen molar-refractivity contribution in [2.75, 3.05) is 18.1 Å². The highest BCUT2D eigenvalue weighted by molar-refractivity contribution is 8.00. The van der Waals surface area contributed by atoms with Crippen molar-refractivity contribution in [2.24, 2.45) is 5.16 Å². The molecule has 0 saturated carbocycles. The van der Waals surface area contributed by atoms with Crippen LogP contribution < -0.4 is 11.1 Å². The first-order valence-corrected chi connectivity index (χ1v) is 11.9. The predicted octanol–water partition coefficient (Wildman–Crippen LogP) is -0.139. The van der Waals surface area contributed by atoms with E-state index in [2.05, 4.69) is 19.8 Å². The van der Waals surface area contributed by atoms with Gasteiger partial charge in [0.05, 0.1) is 0 Å². The number of carbonyl (C=O) groups is 4. The maximum atomic E-state index is 13.0. The standard InChI is InChI=1S/C19H20N6O7S2/c1-8(26)31-6-9-7-33-17-12(16(28)25(17)13(9)18(29)30)21-15(27)11(14-22-19(20)34-24-14)23-32-10-4-2-3-5-10/h2,4,10,12,17H,3,5-7H2,1H3,(H,21,27)(H,29,30)(H2,20,22,24)/b23-11-/t10?,12-,17-/m1/s1. The summed E-state index contributed by atoms with van der Waals surface area (Å²) in [4.78, 5) is 59.3. The van der Waals surface area contributed by atoms with Gasteiger partial charge < -0.3 is 25.7 Å². The number of aliphatic carboxylic acids is 1. The fraction of sp³-hybridized carbons (Fsp3) is 0.421. The Kier molecular flexibility index (Phi) is 6.83. The molecule has 3 atom stereocenters. The van der Waals surface area contributed by atoms with Crippen molar-refractivity contribution in [3.63, 3.8) is 0 Å². The minimum absolute atomic E-state index is 0.0447. The second-order valence-electron chi connectivity index (χ2n) is 7.44. The summed E-state index contributed by atoms with van der Waals surface area (Å²) in [6, 6.07) is -1.00. The number of hydrogen-bond donors (Lipinski definition) is 3. The minimum Gasteiger partial charge on any atom is -0.477 e. The lowest BCUT2D eigenvalue weighted by molar-refractivity contribution is -0.150. The van der Waals surface area contributed by atoms with E-state index in [0.717, 1.165) is 22.9 Å². The van der Waals surface area contributed by atoms with Gasteiger partial charge in [-0.25, -0.2) is 4.79 Å². The Morgan fingerprint density at radius 1 is 1.41 bits per heavy atom. The molecule has 1 unspecified atom stereocenters. The zero-order valence-electron chi connectivity index (χ0n) is 17.8. The SMILES string of the molecule is CC(=O)OCC1=C(C(=O)O)N2C(=O)[C@@H](NC(=O)/C(=N\OC3C=CCC3)c3nsc(N)n3)[C@H]2SC1. The van der Waals surface area contributed by atoms with Gasteiger partial charge in [0, 0.05) is 29.8 Å². The number of fused-ring (bicyclic) bond motifs is 1. The largest absolute Gasteiger partial charge is 0.477 e. The molecule has 2 aliphatic heterocycles. The molecule has 3 heterocycles. The van der Waals surface area contributed by atoms with Gasteiger partial charge >= 0.3 is 11.9 Å². The van der Waals surface area contributed by atoms with Crippen LogP contribution in [0, 0.1) is 0 Å². The molecule has 1 aliphatic carbocycles. The number of carboxylic acid groups (broad SMARTS) is 1. The normalized spacial score (nSPS) is 23.9. The number of nitrogens with two attached hydrogens (primary N) is 1. The Bertz CT molecular complexity index is 1130. The molecule has 34 heavy (non-hydrogen) atoms. The molecule has 4 rings (SSSR count). The van der Waals surface area contributed by atoms with E-state index in [0.29, 0.717) is 12.0 Å². The van der Waals surface area contributed by atoms with Crippen LogP contribution in [0.5, 0.6) is 0 Å². The summed E-state index contributed by atoms with van der Waals surface area (Å²) in [5.74, 6) is -3.11. The molecular formula is C19H20N6O7S2. The van der Waals surface area contributed by atoms with Crippen LogP contribution in [0.15, 0.2) is 28.6 Å². The maximum absolute atomic E-state index is 13.0. The molecule has 4 N–H and O–H groups in total. The van der Waals surface area contributed by atoms with Crippen molar-refractivity contribution in [2.45, 2.75) is 37.3 Å². The fourth-order valence-electron chi connectivity index (χ4n) is 3.52. The van der Waals surface area contributed by atoms with Gasteiger partial charge in [0.25, 0.3) is 11.8 Å². The molecular weight excluding hydrogens is 488 g/mol. The number of anilines is 1. The number of oxime groups is 1. The number of rotatable bonds is 8. The summed E-state index contributed by atoms with van der Waals surface area (Å²) < 4.78 is 8.91. The average Bonchev–Trinajstić information content (AvgIpc) is 3.47. The summed E-state index contributed by atoms with van der Waals surface area (Å²) in [6.07, 6.45) is 4.99. The van der Waals surface area contributed by atoms with Gasteiger partial charge in [-0.05, 0) is 18.9 Å². The number of thioether (sulfide) groups is 1. The van der Waals surface area contributed by atoms with Gasteiger partial charge in [-0.2, -0.15) is 9.36 Å². The third-order valence-electron chi connectivity index (χ3n) is 5.10. The predicted molar refractivity (Wildman–Crippen MR) is 120 cm³/mol. The molecule has 2 amide bonds. The summed E-state index contributed by atoms with van der Waals surface area (Å²) in [5.41, 5.74) is 5.43. The Morgan fingerprint density at radius 2 is 2.21 bits per heavy atom. The van der Waals surface area contributed by atoms with E-state index >= 15 is 0 Å². The van der Waals surface area contributed by atoms with Crippen LogP contribution in [0.2, 0.25) is 0 Å². The van der Waals surface area contributed by atoms with Crippen molar-refractivity contribution in [3.05, 3.63) is 29.2 Å². The first kappa shape index (κ1) is 23.7. The zero-order chi connectivity index (χ0) is 24.4. The Balaban J connectivity index is 1.51. The zero-order valence-corrected chi connectivity index (χ0v) is 19.4. The third kappa shape index (κ3) is 4.75. The van der Waals surface area contributed by atoms with Gasteiger partial charge in [0.1, 0.15) is 29.8 Å². The van der Waals surface area contributed by atoms with Crippen LogP contribution in [-0.4, -0.2) is 78.7 Å².